The second-order valence-corrected chi connectivity index (χ2v) is 8.37. The smallest absolute Gasteiger partial charge is 0.331 e. The van der Waals surface area contributed by atoms with E-state index in [1.807, 2.05) is 0 Å². The molecule has 0 aliphatic heterocycles. The monoisotopic (exact) mass is 622 g/mol. The number of benzene rings is 2. The Bertz CT molecular complexity index is 1090. The van der Waals surface area contributed by atoms with E-state index in [4.69, 9.17) is 18.9 Å². The first kappa shape index (κ1) is 28.6. The van der Waals surface area contributed by atoms with Gasteiger partial charge in [-0.15, -0.1) is 0 Å². The van der Waals surface area contributed by atoms with E-state index in [0.29, 0.717) is 56.3 Å². The topological polar surface area (TPSA) is 120 Å². The molecule has 12 heteroatoms. The molecule has 10 nitrogen and oxygen atoms in total. The van der Waals surface area contributed by atoms with Gasteiger partial charge >= 0.3 is 11.8 Å². The summed E-state index contributed by atoms with van der Waals surface area (Å²) >= 11 is 6.80. The third-order valence-corrected chi connectivity index (χ3v) is 5.34. The number of carbonyl (C=O) groups is 2. The molecule has 2 aromatic rings. The fourth-order valence-corrected chi connectivity index (χ4v) is 3.77. The molecular weight excluding hydrogens is 600 g/mol. The molecule has 0 aliphatic rings. The Kier molecular flexibility index (Phi) is 11.7. The zero-order chi connectivity index (χ0) is 26.5. The molecule has 2 N–H and O–H groups in total. The van der Waals surface area contributed by atoms with Crippen LogP contribution in [0.2, 0.25) is 0 Å². The van der Waals surface area contributed by atoms with E-state index in [-0.39, 0.29) is 0 Å². The molecule has 0 radical (unpaired) electrons. The number of methoxy groups -OCH3 is 2. The second kappa shape index (κ2) is 14.7. The minimum atomic E-state index is -1.01. The van der Waals surface area contributed by atoms with Crippen molar-refractivity contribution in [3.63, 3.8) is 0 Å². The Balaban J connectivity index is 1.98. The van der Waals surface area contributed by atoms with Crippen molar-refractivity contribution < 1.29 is 28.5 Å². The fourth-order valence-electron chi connectivity index (χ4n) is 2.63. The number of hydrogen-bond donors (Lipinski definition) is 2. The maximum absolute atomic E-state index is 12.0. The van der Waals surface area contributed by atoms with Crippen molar-refractivity contribution in [2.24, 2.45) is 10.2 Å². The Hall–Kier alpha value is -3.64. The number of nitrogens with one attached hydrogen (secondary N) is 2. The van der Waals surface area contributed by atoms with Gasteiger partial charge in [0.15, 0.2) is 23.0 Å². The first-order valence-corrected chi connectivity index (χ1v) is 11.8. The second-order valence-electron chi connectivity index (χ2n) is 6.67. The Morgan fingerprint density at radius 3 is 1.53 bits per heavy atom. The average molecular weight is 624 g/mol. The normalized spacial score (nSPS) is 10.7. The van der Waals surface area contributed by atoms with Gasteiger partial charge in [0.1, 0.15) is 13.2 Å². The van der Waals surface area contributed by atoms with Gasteiger partial charge in [-0.1, -0.05) is 25.3 Å². The van der Waals surface area contributed by atoms with Crippen molar-refractivity contribution >= 4 is 56.1 Å². The summed E-state index contributed by atoms with van der Waals surface area (Å²) in [6.45, 7) is 7.82. The van der Waals surface area contributed by atoms with Crippen molar-refractivity contribution in [2.75, 3.05) is 27.4 Å². The number of nitrogens with zero attached hydrogens (tertiary/aromatic N) is 2. The zero-order valence-corrected chi connectivity index (χ0v) is 22.7. The zero-order valence-electron chi connectivity index (χ0n) is 19.5. The first-order valence-electron chi connectivity index (χ1n) is 10.2. The molecule has 190 valence electrons. The Morgan fingerprint density at radius 2 is 1.19 bits per heavy atom. The molecule has 0 heterocycles. The lowest BCUT2D eigenvalue weighted by molar-refractivity contribution is -0.139. The van der Waals surface area contributed by atoms with Gasteiger partial charge in [0.25, 0.3) is 0 Å². The molecule has 0 bridgehead atoms. The van der Waals surface area contributed by atoms with Crippen LogP contribution in [0.4, 0.5) is 0 Å². The summed E-state index contributed by atoms with van der Waals surface area (Å²) in [6, 6.07) is 6.73. The summed E-state index contributed by atoms with van der Waals surface area (Å²) in [5.74, 6) is -0.109. The highest BCUT2D eigenvalue weighted by molar-refractivity contribution is 9.11. The van der Waals surface area contributed by atoms with Gasteiger partial charge in [0.2, 0.25) is 0 Å². The number of halogens is 2. The Labute approximate surface area is 225 Å². The van der Waals surface area contributed by atoms with Crippen LogP contribution in [-0.4, -0.2) is 51.7 Å². The van der Waals surface area contributed by atoms with Crippen LogP contribution in [0.15, 0.2) is 68.7 Å². The van der Waals surface area contributed by atoms with Crippen LogP contribution in [-0.2, 0) is 9.59 Å². The van der Waals surface area contributed by atoms with Gasteiger partial charge in [-0.2, -0.15) is 10.2 Å². The van der Waals surface area contributed by atoms with Crippen molar-refractivity contribution in [3.05, 3.63) is 69.6 Å². The predicted molar refractivity (Wildman–Crippen MR) is 144 cm³/mol. The van der Waals surface area contributed by atoms with E-state index >= 15 is 0 Å². The van der Waals surface area contributed by atoms with Gasteiger partial charge in [-0.25, -0.2) is 10.9 Å². The van der Waals surface area contributed by atoms with Gasteiger partial charge in [0.05, 0.1) is 35.6 Å². The molecule has 2 amide bonds. The van der Waals surface area contributed by atoms with E-state index < -0.39 is 11.8 Å². The highest BCUT2D eigenvalue weighted by Gasteiger charge is 2.14. The average Bonchev–Trinajstić information content (AvgIpc) is 2.86. The third kappa shape index (κ3) is 8.24. The van der Waals surface area contributed by atoms with Gasteiger partial charge < -0.3 is 18.9 Å². The molecule has 0 aromatic heterocycles. The molecule has 2 rings (SSSR count). The van der Waals surface area contributed by atoms with Crippen molar-refractivity contribution in [2.45, 2.75) is 0 Å². The third-order valence-electron chi connectivity index (χ3n) is 4.16. The van der Waals surface area contributed by atoms with Crippen LogP contribution in [0.5, 0.6) is 23.0 Å². The minimum absolute atomic E-state index is 0.302. The van der Waals surface area contributed by atoms with Crippen LogP contribution in [0, 0.1) is 0 Å². The van der Waals surface area contributed by atoms with Gasteiger partial charge in [0, 0.05) is 0 Å². The summed E-state index contributed by atoms with van der Waals surface area (Å²) in [5.41, 5.74) is 5.44. The standard InChI is InChI=1S/C24H24Br2N4O6/c1-5-7-35-21-17(25)9-15(11-19(21)33-3)13-27-29-23(31)24(32)30-28-14-16-10-18(26)22(36-8-6-2)20(12-16)34-4/h5-6,9-14H,1-2,7-8H2,3-4H3,(H,29,31)(H,30,32)/b27-13-,28-14?. The number of ether oxygens (including phenoxy) is 4. The van der Waals surface area contributed by atoms with Crippen molar-refractivity contribution in [3.8, 4) is 23.0 Å². The lowest BCUT2D eigenvalue weighted by Gasteiger charge is -2.12. The van der Waals surface area contributed by atoms with E-state index in [1.54, 1.807) is 36.4 Å². The van der Waals surface area contributed by atoms with Crippen LogP contribution < -0.4 is 29.8 Å². The first-order chi connectivity index (χ1) is 17.3. The van der Waals surface area contributed by atoms with Crippen LogP contribution in [0.1, 0.15) is 11.1 Å². The molecular formula is C24H24Br2N4O6. The fraction of sp³-hybridized carbons (Fsp3) is 0.167. The van der Waals surface area contributed by atoms with Crippen LogP contribution in [0.3, 0.4) is 0 Å². The molecule has 0 fully saturated rings. The quantitative estimate of drug-likeness (QED) is 0.160. The molecule has 0 saturated heterocycles. The van der Waals surface area contributed by atoms with E-state index in [9.17, 15) is 9.59 Å². The largest absolute Gasteiger partial charge is 0.493 e. The maximum atomic E-state index is 12.0. The highest BCUT2D eigenvalue weighted by Crippen LogP contribution is 2.37. The van der Waals surface area contributed by atoms with Crippen molar-refractivity contribution in [1.29, 1.82) is 0 Å². The molecule has 36 heavy (non-hydrogen) atoms. The maximum Gasteiger partial charge on any atom is 0.331 e. The lowest BCUT2D eigenvalue weighted by atomic mass is 10.2. The molecule has 0 unspecified atom stereocenters. The van der Waals surface area contributed by atoms with E-state index in [2.05, 4.69) is 66.1 Å². The number of carbonyl (C=O) groups excluding carboxylic acids is 2. The molecule has 0 spiro atoms. The lowest BCUT2D eigenvalue weighted by Crippen LogP contribution is -2.35. The number of hydrazone groups is 2. The molecule has 0 aliphatic carbocycles. The van der Waals surface area contributed by atoms with Crippen LogP contribution in [0.25, 0.3) is 0 Å². The summed E-state index contributed by atoms with van der Waals surface area (Å²) in [5, 5.41) is 7.58. The van der Waals surface area contributed by atoms with E-state index in [1.165, 1.54) is 26.6 Å². The number of rotatable bonds is 12. The number of hydrogen-bond acceptors (Lipinski definition) is 8. The summed E-state index contributed by atoms with van der Waals surface area (Å²) in [4.78, 5) is 24.0. The summed E-state index contributed by atoms with van der Waals surface area (Å²) in [6.07, 6.45) is 5.91. The number of amides is 2. The highest BCUT2D eigenvalue weighted by atomic mass is 79.9. The van der Waals surface area contributed by atoms with E-state index in [0.717, 1.165) is 0 Å². The predicted octanol–water partition coefficient (Wildman–Crippen LogP) is 3.96. The molecule has 2 aromatic carbocycles. The SMILES string of the molecule is C=CCOc1c(Br)cc(C=NNC(=O)C(=O)N/N=C\c2cc(Br)c(OCC=C)c(OC)c2)cc1OC. The van der Waals surface area contributed by atoms with Gasteiger partial charge in [-0.3, -0.25) is 9.59 Å². The summed E-state index contributed by atoms with van der Waals surface area (Å²) < 4.78 is 23.0. The van der Waals surface area contributed by atoms with Gasteiger partial charge in [-0.05, 0) is 67.3 Å². The minimum Gasteiger partial charge on any atom is -0.493 e. The Morgan fingerprint density at radius 1 is 0.806 bits per heavy atom. The summed E-state index contributed by atoms with van der Waals surface area (Å²) in [7, 11) is 2.99. The van der Waals surface area contributed by atoms with Crippen LogP contribution >= 0.6 is 31.9 Å². The molecule has 0 saturated carbocycles. The molecule has 0 atom stereocenters. The van der Waals surface area contributed by atoms with Crippen molar-refractivity contribution in [1.82, 2.24) is 10.9 Å².